The highest BCUT2D eigenvalue weighted by Gasteiger charge is 2.15. The van der Waals surface area contributed by atoms with Gasteiger partial charge < -0.3 is 10.8 Å². The molecule has 0 radical (unpaired) electrons. The van der Waals surface area contributed by atoms with Crippen LogP contribution in [0.2, 0.25) is 0 Å². The summed E-state index contributed by atoms with van der Waals surface area (Å²) < 4.78 is 2.40. The third kappa shape index (κ3) is 1.61. The third-order valence-electron chi connectivity index (χ3n) is 2.42. The van der Waals surface area contributed by atoms with Gasteiger partial charge in [0.1, 0.15) is 0 Å². The first-order chi connectivity index (χ1) is 8.65. The number of nitrogens with two attached hydrogens (primary N) is 1. The molecule has 0 aliphatic carbocycles. The van der Waals surface area contributed by atoms with Crippen LogP contribution in [0, 0.1) is 0 Å². The number of rotatable bonds is 2. The molecule has 0 unspecified atom stereocenters. The summed E-state index contributed by atoms with van der Waals surface area (Å²) >= 11 is 1.42. The average Bonchev–Trinajstić information content (AvgIpc) is 2.91. The van der Waals surface area contributed by atoms with Crippen molar-refractivity contribution in [1.29, 1.82) is 0 Å². The number of fused-ring (bicyclic) bond motifs is 1. The largest absolute Gasteiger partial charge is 0.476 e. The van der Waals surface area contributed by atoms with Crippen molar-refractivity contribution in [1.82, 2.24) is 14.8 Å². The normalized spacial score (nSPS) is 10.9. The Bertz CT molecular complexity index is 713. The zero-order valence-electron chi connectivity index (χ0n) is 9.07. The Morgan fingerprint density at radius 2 is 2.17 bits per heavy atom. The van der Waals surface area contributed by atoms with Crippen LogP contribution in [-0.2, 0) is 0 Å². The van der Waals surface area contributed by atoms with Crippen LogP contribution >= 0.6 is 11.3 Å². The van der Waals surface area contributed by atoms with Gasteiger partial charge >= 0.3 is 5.97 Å². The van der Waals surface area contributed by atoms with E-state index in [0.29, 0.717) is 5.13 Å². The topological polar surface area (TPSA) is 94.0 Å². The molecule has 7 heteroatoms. The fraction of sp³-hybridized carbons (Fsp3) is 0. The predicted molar refractivity (Wildman–Crippen MR) is 68.1 cm³/mol. The van der Waals surface area contributed by atoms with Crippen molar-refractivity contribution in [3.05, 3.63) is 36.2 Å². The highest BCUT2D eigenvalue weighted by atomic mass is 32.1. The van der Waals surface area contributed by atoms with Gasteiger partial charge in [0, 0.05) is 0 Å². The predicted octanol–water partition coefficient (Wildman–Crippen LogP) is 1.76. The molecule has 2 heterocycles. The van der Waals surface area contributed by atoms with E-state index in [9.17, 15) is 4.79 Å². The molecule has 6 nitrogen and oxygen atoms in total. The smallest absolute Gasteiger partial charge is 0.358 e. The Hall–Kier alpha value is -2.41. The highest BCUT2D eigenvalue weighted by molar-refractivity contribution is 7.20. The Morgan fingerprint density at radius 3 is 2.83 bits per heavy atom. The van der Waals surface area contributed by atoms with Gasteiger partial charge in [0.15, 0.2) is 5.69 Å². The number of aromatic nitrogens is 3. The highest BCUT2D eigenvalue weighted by Crippen LogP contribution is 2.25. The Labute approximate surface area is 105 Å². The molecule has 0 spiro atoms. The summed E-state index contributed by atoms with van der Waals surface area (Å²) in [5.41, 5.74) is 6.41. The molecule has 0 aliphatic rings. The van der Waals surface area contributed by atoms with Gasteiger partial charge in [-0.2, -0.15) is 5.10 Å². The summed E-state index contributed by atoms with van der Waals surface area (Å²) in [5, 5.41) is 13.4. The average molecular weight is 260 g/mol. The first kappa shape index (κ1) is 10.7. The van der Waals surface area contributed by atoms with Crippen LogP contribution in [0.4, 0.5) is 5.69 Å². The third-order valence-corrected chi connectivity index (χ3v) is 3.45. The second-order valence-electron chi connectivity index (χ2n) is 3.65. The van der Waals surface area contributed by atoms with Crippen molar-refractivity contribution >= 4 is 33.2 Å². The maximum absolute atomic E-state index is 10.9. The van der Waals surface area contributed by atoms with Gasteiger partial charge in [-0.3, -0.25) is 0 Å². The van der Waals surface area contributed by atoms with Crippen LogP contribution in [0.5, 0.6) is 0 Å². The van der Waals surface area contributed by atoms with Crippen molar-refractivity contribution in [2.75, 3.05) is 5.73 Å². The fourth-order valence-corrected chi connectivity index (χ4v) is 2.50. The Kier molecular flexibility index (Phi) is 2.27. The molecule has 0 aliphatic heterocycles. The number of para-hydroxylation sites is 1. The summed E-state index contributed by atoms with van der Waals surface area (Å²) in [6, 6.07) is 7.65. The van der Waals surface area contributed by atoms with Crippen molar-refractivity contribution in [3.63, 3.8) is 0 Å². The molecule has 2 aromatic heterocycles. The number of hydrogen-bond acceptors (Lipinski definition) is 5. The lowest BCUT2D eigenvalue weighted by molar-refractivity contribution is 0.0691. The number of nitrogen functional groups attached to an aromatic ring is 1. The lowest BCUT2D eigenvalue weighted by atomic mass is 10.3. The van der Waals surface area contributed by atoms with Crippen LogP contribution < -0.4 is 5.73 Å². The Morgan fingerprint density at radius 1 is 1.39 bits per heavy atom. The lowest BCUT2D eigenvalue weighted by Gasteiger charge is -1.91. The van der Waals surface area contributed by atoms with E-state index in [1.165, 1.54) is 22.2 Å². The molecular formula is C11H8N4O2S. The maximum atomic E-state index is 10.9. The van der Waals surface area contributed by atoms with E-state index >= 15 is 0 Å². The molecule has 3 aromatic rings. The van der Waals surface area contributed by atoms with Gasteiger partial charge in [-0.05, 0) is 12.1 Å². The number of benzene rings is 1. The number of carboxylic acid groups (broad SMARTS) is 1. The monoisotopic (exact) mass is 260 g/mol. The van der Waals surface area contributed by atoms with Crippen LogP contribution in [0.15, 0.2) is 30.5 Å². The lowest BCUT2D eigenvalue weighted by Crippen LogP contribution is -2.02. The van der Waals surface area contributed by atoms with E-state index in [2.05, 4.69) is 10.1 Å². The summed E-state index contributed by atoms with van der Waals surface area (Å²) in [6.07, 6.45) is 1.46. The number of nitrogens with zero attached hydrogens (tertiary/aromatic N) is 3. The summed E-state index contributed by atoms with van der Waals surface area (Å²) in [5.74, 6) is -1.15. The van der Waals surface area contributed by atoms with Crippen molar-refractivity contribution in [3.8, 4) is 5.13 Å². The number of carbonyl (C=O) groups is 1. The van der Waals surface area contributed by atoms with E-state index in [1.54, 1.807) is 0 Å². The van der Waals surface area contributed by atoms with Gasteiger partial charge in [0.2, 0.25) is 5.13 Å². The molecule has 90 valence electrons. The zero-order valence-corrected chi connectivity index (χ0v) is 9.89. The molecule has 18 heavy (non-hydrogen) atoms. The number of aromatic carboxylic acids is 1. The van der Waals surface area contributed by atoms with Crippen molar-refractivity contribution in [2.45, 2.75) is 0 Å². The minimum absolute atomic E-state index is 0.127. The molecule has 0 bridgehead atoms. The van der Waals surface area contributed by atoms with Gasteiger partial charge in [0.05, 0.1) is 22.1 Å². The molecule has 1 aromatic carbocycles. The van der Waals surface area contributed by atoms with E-state index in [1.807, 2.05) is 24.3 Å². The minimum Gasteiger partial charge on any atom is -0.476 e. The summed E-state index contributed by atoms with van der Waals surface area (Å²) in [6.45, 7) is 0. The molecule has 0 saturated carbocycles. The van der Waals surface area contributed by atoms with Crippen molar-refractivity contribution in [2.24, 2.45) is 0 Å². The van der Waals surface area contributed by atoms with Crippen molar-refractivity contribution < 1.29 is 9.90 Å². The second kappa shape index (κ2) is 3.81. The molecule has 0 saturated heterocycles. The minimum atomic E-state index is -1.15. The van der Waals surface area contributed by atoms with Gasteiger partial charge in [-0.25, -0.2) is 14.5 Å². The van der Waals surface area contributed by atoms with Gasteiger partial charge in [-0.1, -0.05) is 23.5 Å². The van der Waals surface area contributed by atoms with Crippen LogP contribution in [0.25, 0.3) is 15.3 Å². The molecule has 0 amide bonds. The standard InChI is InChI=1S/C11H8N4O2S/c12-6-5-15(14-9(6)10(16)17)11-13-7-3-1-2-4-8(7)18-11/h1-5H,12H2,(H,16,17). The summed E-state index contributed by atoms with van der Waals surface area (Å²) in [4.78, 5) is 15.2. The number of hydrogen-bond donors (Lipinski definition) is 2. The summed E-state index contributed by atoms with van der Waals surface area (Å²) in [7, 11) is 0. The van der Waals surface area contributed by atoms with E-state index in [-0.39, 0.29) is 11.4 Å². The van der Waals surface area contributed by atoms with E-state index in [0.717, 1.165) is 10.2 Å². The van der Waals surface area contributed by atoms with E-state index in [4.69, 9.17) is 10.8 Å². The second-order valence-corrected chi connectivity index (χ2v) is 4.66. The fourth-order valence-electron chi connectivity index (χ4n) is 1.61. The molecule has 3 N–H and O–H groups in total. The number of carboxylic acids is 1. The molecule has 0 fully saturated rings. The number of thiazole rings is 1. The van der Waals surface area contributed by atoms with Crippen LogP contribution in [0.3, 0.4) is 0 Å². The first-order valence-electron chi connectivity index (χ1n) is 5.09. The van der Waals surface area contributed by atoms with Gasteiger partial charge in [0.25, 0.3) is 0 Å². The maximum Gasteiger partial charge on any atom is 0.358 e. The van der Waals surface area contributed by atoms with E-state index < -0.39 is 5.97 Å². The Balaban J connectivity index is 2.14. The van der Waals surface area contributed by atoms with Gasteiger partial charge in [-0.15, -0.1) is 0 Å². The first-order valence-corrected chi connectivity index (χ1v) is 5.91. The SMILES string of the molecule is Nc1cn(-c2nc3ccccc3s2)nc1C(=O)O. The molecule has 0 atom stereocenters. The molecular weight excluding hydrogens is 252 g/mol. The zero-order chi connectivity index (χ0) is 12.7. The number of anilines is 1. The van der Waals surface area contributed by atoms with Crippen LogP contribution in [0.1, 0.15) is 10.5 Å². The van der Waals surface area contributed by atoms with Crippen LogP contribution in [-0.4, -0.2) is 25.8 Å². The quantitative estimate of drug-likeness (QED) is 0.732. The molecule has 3 rings (SSSR count).